The van der Waals surface area contributed by atoms with Crippen molar-refractivity contribution in [3.63, 3.8) is 0 Å². The van der Waals surface area contributed by atoms with Crippen molar-refractivity contribution in [2.24, 2.45) is 17.4 Å². The Bertz CT molecular complexity index is 1170. The quantitative estimate of drug-likeness (QED) is 0.381. The van der Waals surface area contributed by atoms with E-state index in [1.54, 1.807) is 12.1 Å². The Morgan fingerprint density at radius 1 is 0.971 bits per heavy atom. The highest BCUT2D eigenvalue weighted by Gasteiger charge is 2.21. The highest BCUT2D eigenvalue weighted by molar-refractivity contribution is 5.95. The van der Waals surface area contributed by atoms with E-state index in [-0.39, 0.29) is 17.9 Å². The molecule has 2 aromatic carbocycles. The minimum absolute atomic E-state index is 0.114. The summed E-state index contributed by atoms with van der Waals surface area (Å²) in [6, 6.07) is 14.1. The fourth-order valence-corrected chi connectivity index (χ4v) is 4.05. The number of aromatic nitrogens is 1. The smallest absolute Gasteiger partial charge is 0.335 e. The van der Waals surface area contributed by atoms with Gasteiger partial charge in [0, 0.05) is 30.2 Å². The molecule has 0 aliphatic carbocycles. The van der Waals surface area contributed by atoms with E-state index < -0.39 is 5.97 Å². The van der Waals surface area contributed by atoms with E-state index in [0.717, 1.165) is 45.6 Å². The number of hydrogen-bond donors (Lipinski definition) is 4. The number of amides is 1. The molecule has 0 aliphatic heterocycles. The molecule has 1 aromatic heterocycles. The summed E-state index contributed by atoms with van der Waals surface area (Å²) in [5.74, 6) is -0.819. The lowest BCUT2D eigenvalue weighted by Gasteiger charge is -2.21. The molecule has 178 valence electrons. The van der Waals surface area contributed by atoms with Crippen LogP contribution in [0.1, 0.15) is 52.3 Å². The van der Waals surface area contributed by atoms with Gasteiger partial charge in [-0.15, -0.1) is 0 Å². The summed E-state index contributed by atoms with van der Waals surface area (Å²) in [7, 11) is 0. The second-order valence-electron chi connectivity index (χ2n) is 8.79. The third kappa shape index (κ3) is 5.87. The van der Waals surface area contributed by atoms with Crippen LogP contribution in [0.25, 0.3) is 11.1 Å². The summed E-state index contributed by atoms with van der Waals surface area (Å²) in [5.41, 5.74) is 19.2. The van der Waals surface area contributed by atoms with Crippen LogP contribution in [0.5, 0.6) is 0 Å². The zero-order valence-corrected chi connectivity index (χ0v) is 19.9. The number of aromatic carboxylic acids is 1. The number of benzene rings is 2. The number of nitrogens with one attached hydrogen (secondary N) is 1. The van der Waals surface area contributed by atoms with Crippen LogP contribution in [0.4, 0.5) is 5.69 Å². The van der Waals surface area contributed by atoms with Crippen LogP contribution < -0.4 is 16.8 Å². The number of rotatable bonds is 9. The lowest BCUT2D eigenvalue weighted by atomic mass is 9.88. The topological polar surface area (TPSA) is 131 Å². The molecule has 0 spiro atoms. The van der Waals surface area contributed by atoms with Gasteiger partial charge < -0.3 is 21.9 Å². The van der Waals surface area contributed by atoms with Crippen LogP contribution in [0.3, 0.4) is 0 Å². The predicted molar refractivity (Wildman–Crippen MR) is 134 cm³/mol. The minimum Gasteiger partial charge on any atom is -0.478 e. The van der Waals surface area contributed by atoms with Crippen molar-refractivity contribution >= 4 is 17.6 Å². The number of carboxylic acids is 1. The van der Waals surface area contributed by atoms with Gasteiger partial charge in [-0.2, -0.15) is 0 Å². The molecule has 0 unspecified atom stereocenters. The van der Waals surface area contributed by atoms with Gasteiger partial charge in [0.1, 0.15) is 0 Å². The third-order valence-corrected chi connectivity index (χ3v) is 5.73. The van der Waals surface area contributed by atoms with E-state index in [2.05, 4.69) is 19.2 Å². The molecular formula is C27H32N4O3. The van der Waals surface area contributed by atoms with Crippen molar-refractivity contribution in [3.8, 4) is 11.1 Å². The van der Waals surface area contributed by atoms with Crippen LogP contribution in [-0.4, -0.2) is 22.0 Å². The number of nitrogens with two attached hydrogens (primary N) is 2. The molecule has 3 rings (SSSR count). The SMILES string of the molecule is Cc1nc(CC(C)C)c(CN)c(-c2ccc(CN)cc2)c1CC(=O)Nc1ccc(C(=O)O)cc1. The van der Waals surface area contributed by atoms with E-state index in [1.165, 1.54) is 12.1 Å². The van der Waals surface area contributed by atoms with Crippen LogP contribution in [0.2, 0.25) is 0 Å². The maximum absolute atomic E-state index is 13.0. The summed E-state index contributed by atoms with van der Waals surface area (Å²) >= 11 is 0. The molecule has 1 heterocycles. The fourth-order valence-electron chi connectivity index (χ4n) is 4.05. The average molecular weight is 461 g/mol. The molecule has 7 nitrogen and oxygen atoms in total. The van der Waals surface area contributed by atoms with Crippen LogP contribution in [-0.2, 0) is 30.7 Å². The maximum Gasteiger partial charge on any atom is 0.335 e. The number of aryl methyl sites for hydroxylation is 1. The monoisotopic (exact) mass is 460 g/mol. The van der Waals surface area contributed by atoms with Crippen molar-refractivity contribution < 1.29 is 14.7 Å². The van der Waals surface area contributed by atoms with E-state index in [9.17, 15) is 9.59 Å². The van der Waals surface area contributed by atoms with Gasteiger partial charge in [-0.1, -0.05) is 38.1 Å². The van der Waals surface area contributed by atoms with Crippen molar-refractivity contribution in [2.45, 2.75) is 46.7 Å². The maximum atomic E-state index is 13.0. The van der Waals surface area contributed by atoms with Crippen molar-refractivity contribution in [3.05, 3.63) is 82.2 Å². The van der Waals surface area contributed by atoms with Gasteiger partial charge in [-0.05, 0) is 71.3 Å². The normalized spacial score (nSPS) is 11.0. The number of anilines is 1. The predicted octanol–water partition coefficient (Wildman–Crippen LogP) is 4.05. The molecule has 3 aromatic rings. The Hall–Kier alpha value is -3.55. The molecule has 7 heteroatoms. The summed E-state index contributed by atoms with van der Waals surface area (Å²) in [6.45, 7) is 6.97. The Morgan fingerprint density at radius 3 is 2.15 bits per heavy atom. The van der Waals surface area contributed by atoms with Crippen molar-refractivity contribution in [1.29, 1.82) is 0 Å². The summed E-state index contributed by atoms with van der Waals surface area (Å²) in [6.07, 6.45) is 0.909. The van der Waals surface area contributed by atoms with Crippen molar-refractivity contribution in [1.82, 2.24) is 4.98 Å². The molecule has 0 saturated carbocycles. The fraction of sp³-hybridized carbons (Fsp3) is 0.296. The molecule has 6 N–H and O–H groups in total. The largest absolute Gasteiger partial charge is 0.478 e. The minimum atomic E-state index is -1.01. The lowest BCUT2D eigenvalue weighted by Crippen LogP contribution is -2.19. The molecule has 0 bridgehead atoms. The standard InChI is InChI=1S/C27H32N4O3/c1-16(2)12-24-23(15-29)26(19-6-4-18(14-28)5-7-19)22(17(3)30-24)13-25(32)31-21-10-8-20(9-11-21)27(33)34/h4-11,16H,12-15,28-29H2,1-3H3,(H,31,32)(H,33,34). The third-order valence-electron chi connectivity index (χ3n) is 5.73. The highest BCUT2D eigenvalue weighted by atomic mass is 16.4. The number of carbonyl (C=O) groups is 2. The second-order valence-corrected chi connectivity index (χ2v) is 8.79. The van der Waals surface area contributed by atoms with Gasteiger partial charge in [0.2, 0.25) is 5.91 Å². The molecule has 0 radical (unpaired) electrons. The Kier molecular flexibility index (Phi) is 8.15. The summed E-state index contributed by atoms with van der Waals surface area (Å²) in [5, 5.41) is 11.9. The van der Waals surface area contributed by atoms with E-state index >= 15 is 0 Å². The van der Waals surface area contributed by atoms with Gasteiger partial charge in [0.05, 0.1) is 12.0 Å². The molecule has 0 fully saturated rings. The molecule has 34 heavy (non-hydrogen) atoms. The summed E-state index contributed by atoms with van der Waals surface area (Å²) < 4.78 is 0. The van der Waals surface area contributed by atoms with Crippen molar-refractivity contribution in [2.75, 3.05) is 5.32 Å². The Labute approximate surface area is 200 Å². The van der Waals surface area contributed by atoms with Gasteiger partial charge >= 0.3 is 5.97 Å². The van der Waals surface area contributed by atoms with Crippen LogP contribution in [0.15, 0.2) is 48.5 Å². The molecule has 0 saturated heterocycles. The van der Waals surface area contributed by atoms with Crippen LogP contribution >= 0.6 is 0 Å². The number of carbonyl (C=O) groups excluding carboxylic acids is 1. The van der Waals surface area contributed by atoms with Gasteiger partial charge in [0.15, 0.2) is 0 Å². The molecule has 0 aliphatic rings. The first-order valence-electron chi connectivity index (χ1n) is 11.4. The number of carboxylic acid groups (broad SMARTS) is 1. The average Bonchev–Trinajstić information content (AvgIpc) is 2.80. The lowest BCUT2D eigenvalue weighted by molar-refractivity contribution is -0.115. The first-order chi connectivity index (χ1) is 16.2. The zero-order valence-electron chi connectivity index (χ0n) is 19.9. The highest BCUT2D eigenvalue weighted by Crippen LogP contribution is 2.33. The molecule has 1 amide bonds. The molecular weight excluding hydrogens is 428 g/mol. The number of pyridine rings is 1. The van der Waals surface area contributed by atoms with E-state index in [1.807, 2.05) is 31.2 Å². The zero-order chi connectivity index (χ0) is 24.8. The first-order valence-corrected chi connectivity index (χ1v) is 11.4. The molecule has 0 atom stereocenters. The number of hydrogen-bond acceptors (Lipinski definition) is 5. The van der Waals surface area contributed by atoms with Gasteiger partial charge in [-0.25, -0.2) is 4.79 Å². The summed E-state index contributed by atoms with van der Waals surface area (Å²) in [4.78, 5) is 28.9. The van der Waals surface area contributed by atoms with Gasteiger partial charge in [0.25, 0.3) is 0 Å². The second kappa shape index (κ2) is 11.0. The Morgan fingerprint density at radius 2 is 1.62 bits per heavy atom. The number of nitrogens with zero attached hydrogens (tertiary/aromatic N) is 1. The Balaban J connectivity index is 2.02. The van der Waals surface area contributed by atoms with E-state index in [0.29, 0.717) is 24.7 Å². The van der Waals surface area contributed by atoms with Crippen LogP contribution in [0, 0.1) is 12.8 Å². The first kappa shape index (κ1) is 25.1. The van der Waals surface area contributed by atoms with E-state index in [4.69, 9.17) is 21.6 Å². The van der Waals surface area contributed by atoms with Gasteiger partial charge in [-0.3, -0.25) is 9.78 Å².